The van der Waals surface area contributed by atoms with Gasteiger partial charge in [-0.2, -0.15) is 4.98 Å². The van der Waals surface area contributed by atoms with Crippen LogP contribution in [0.4, 0.5) is 0 Å². The normalized spacial score (nSPS) is 14.8. The zero-order valence-corrected chi connectivity index (χ0v) is 8.69. The van der Waals surface area contributed by atoms with E-state index in [1.807, 2.05) is 0 Å². The maximum atomic E-state index is 11.3. The van der Waals surface area contributed by atoms with E-state index in [1.165, 1.54) is 20.3 Å². The van der Waals surface area contributed by atoms with Gasteiger partial charge in [0.1, 0.15) is 5.82 Å². The molecular weight excluding hydrogens is 196 g/mol. The highest BCUT2D eigenvalue weighted by Crippen LogP contribution is 2.38. The van der Waals surface area contributed by atoms with Crippen LogP contribution in [0.1, 0.15) is 35.1 Å². The van der Waals surface area contributed by atoms with Crippen molar-refractivity contribution in [3.8, 4) is 5.88 Å². The molecule has 5 heteroatoms. The van der Waals surface area contributed by atoms with Crippen molar-refractivity contribution in [3.05, 3.63) is 17.6 Å². The number of carbonyl (C=O) groups excluding carboxylic acids is 1. The molecule has 0 saturated heterocycles. The van der Waals surface area contributed by atoms with E-state index in [0.717, 1.165) is 12.8 Å². The standard InChI is InChI=1S/C10H12N2O3/c1-14-8-5-7(10(13)15-2)11-9(12-8)6-3-4-6/h5-6H,3-4H2,1-2H3. The Morgan fingerprint density at radius 1 is 1.40 bits per heavy atom. The van der Waals surface area contributed by atoms with Crippen molar-refractivity contribution in [2.75, 3.05) is 14.2 Å². The summed E-state index contributed by atoms with van der Waals surface area (Å²) in [5.74, 6) is 1.00. The topological polar surface area (TPSA) is 61.3 Å². The van der Waals surface area contributed by atoms with Crippen LogP contribution in [0.2, 0.25) is 0 Å². The molecule has 1 aliphatic carbocycles. The number of aromatic nitrogens is 2. The van der Waals surface area contributed by atoms with Crippen LogP contribution in [0.15, 0.2) is 6.07 Å². The summed E-state index contributed by atoms with van der Waals surface area (Å²) in [5, 5.41) is 0. The third-order valence-electron chi connectivity index (χ3n) is 2.27. The second-order valence-electron chi connectivity index (χ2n) is 3.42. The van der Waals surface area contributed by atoms with E-state index in [4.69, 9.17) is 4.74 Å². The zero-order chi connectivity index (χ0) is 10.8. The molecule has 1 saturated carbocycles. The average molecular weight is 208 g/mol. The fourth-order valence-corrected chi connectivity index (χ4v) is 1.28. The predicted octanol–water partition coefficient (Wildman–Crippen LogP) is 1.15. The van der Waals surface area contributed by atoms with Crippen molar-refractivity contribution in [1.82, 2.24) is 9.97 Å². The highest BCUT2D eigenvalue weighted by atomic mass is 16.5. The number of methoxy groups -OCH3 is 2. The molecule has 80 valence electrons. The highest BCUT2D eigenvalue weighted by Gasteiger charge is 2.28. The Morgan fingerprint density at radius 2 is 2.13 bits per heavy atom. The lowest BCUT2D eigenvalue weighted by molar-refractivity contribution is 0.0593. The molecule has 1 aromatic rings. The van der Waals surface area contributed by atoms with Crippen LogP contribution < -0.4 is 4.74 Å². The van der Waals surface area contributed by atoms with Gasteiger partial charge in [-0.1, -0.05) is 0 Å². The van der Waals surface area contributed by atoms with Crippen LogP contribution in [-0.4, -0.2) is 30.2 Å². The smallest absolute Gasteiger partial charge is 0.356 e. The van der Waals surface area contributed by atoms with Gasteiger partial charge in [-0.05, 0) is 12.8 Å². The van der Waals surface area contributed by atoms with Crippen LogP contribution in [-0.2, 0) is 4.74 Å². The van der Waals surface area contributed by atoms with E-state index < -0.39 is 5.97 Å². The number of ether oxygens (including phenoxy) is 2. The summed E-state index contributed by atoms with van der Waals surface area (Å²) in [6, 6.07) is 1.48. The van der Waals surface area contributed by atoms with Gasteiger partial charge in [-0.3, -0.25) is 0 Å². The Bertz CT molecular complexity index is 388. The third kappa shape index (κ3) is 2.06. The van der Waals surface area contributed by atoms with E-state index in [1.54, 1.807) is 0 Å². The summed E-state index contributed by atoms with van der Waals surface area (Å²) < 4.78 is 9.62. The zero-order valence-electron chi connectivity index (χ0n) is 8.69. The van der Waals surface area contributed by atoms with Gasteiger partial charge in [0.05, 0.1) is 14.2 Å². The molecule has 5 nitrogen and oxygen atoms in total. The van der Waals surface area contributed by atoms with Gasteiger partial charge in [0.15, 0.2) is 5.69 Å². The molecule has 0 N–H and O–H groups in total. The van der Waals surface area contributed by atoms with Gasteiger partial charge in [0, 0.05) is 12.0 Å². The number of hydrogen-bond donors (Lipinski definition) is 0. The fourth-order valence-electron chi connectivity index (χ4n) is 1.28. The summed E-state index contributed by atoms with van der Waals surface area (Å²) in [5.41, 5.74) is 0.256. The molecule has 0 amide bonds. The Balaban J connectivity index is 2.36. The van der Waals surface area contributed by atoms with Gasteiger partial charge in [0.25, 0.3) is 0 Å². The largest absolute Gasteiger partial charge is 0.481 e. The van der Waals surface area contributed by atoms with E-state index in [9.17, 15) is 4.79 Å². The minimum Gasteiger partial charge on any atom is -0.481 e. The Hall–Kier alpha value is -1.65. The van der Waals surface area contributed by atoms with Gasteiger partial charge in [-0.25, -0.2) is 9.78 Å². The Morgan fingerprint density at radius 3 is 2.67 bits per heavy atom. The molecule has 1 fully saturated rings. The van der Waals surface area contributed by atoms with Crippen molar-refractivity contribution in [3.63, 3.8) is 0 Å². The summed E-state index contributed by atoms with van der Waals surface area (Å²) in [6.45, 7) is 0. The number of rotatable bonds is 3. The maximum absolute atomic E-state index is 11.3. The maximum Gasteiger partial charge on any atom is 0.356 e. The third-order valence-corrected chi connectivity index (χ3v) is 2.27. The number of hydrogen-bond acceptors (Lipinski definition) is 5. The molecule has 15 heavy (non-hydrogen) atoms. The van der Waals surface area contributed by atoms with Crippen LogP contribution in [0, 0.1) is 0 Å². The number of esters is 1. The quantitative estimate of drug-likeness (QED) is 0.697. The first-order valence-corrected chi connectivity index (χ1v) is 4.76. The van der Waals surface area contributed by atoms with E-state index in [0.29, 0.717) is 17.6 Å². The van der Waals surface area contributed by atoms with Crippen LogP contribution >= 0.6 is 0 Å². The summed E-state index contributed by atoms with van der Waals surface area (Å²) >= 11 is 0. The summed E-state index contributed by atoms with van der Waals surface area (Å²) in [6.07, 6.45) is 2.15. The molecule has 0 unspecified atom stereocenters. The fraction of sp³-hybridized carbons (Fsp3) is 0.500. The van der Waals surface area contributed by atoms with Crippen molar-refractivity contribution < 1.29 is 14.3 Å². The van der Waals surface area contributed by atoms with E-state index in [2.05, 4.69) is 14.7 Å². The molecule has 0 spiro atoms. The van der Waals surface area contributed by atoms with Gasteiger partial charge < -0.3 is 9.47 Å². The second kappa shape index (κ2) is 3.84. The van der Waals surface area contributed by atoms with Crippen molar-refractivity contribution in [2.24, 2.45) is 0 Å². The molecule has 1 aliphatic rings. The molecular formula is C10H12N2O3. The van der Waals surface area contributed by atoms with Gasteiger partial charge in [0.2, 0.25) is 5.88 Å². The van der Waals surface area contributed by atoms with E-state index in [-0.39, 0.29) is 5.69 Å². The van der Waals surface area contributed by atoms with Crippen molar-refractivity contribution >= 4 is 5.97 Å². The summed E-state index contributed by atoms with van der Waals surface area (Å²) in [4.78, 5) is 19.6. The van der Waals surface area contributed by atoms with E-state index >= 15 is 0 Å². The predicted molar refractivity (Wildman–Crippen MR) is 51.9 cm³/mol. The van der Waals surface area contributed by atoms with Crippen LogP contribution in [0.5, 0.6) is 5.88 Å². The lowest BCUT2D eigenvalue weighted by atomic mass is 10.3. The monoisotopic (exact) mass is 208 g/mol. The molecule has 1 heterocycles. The molecule has 1 aromatic heterocycles. The lowest BCUT2D eigenvalue weighted by Crippen LogP contribution is -2.08. The molecule has 2 rings (SSSR count). The first-order valence-electron chi connectivity index (χ1n) is 4.76. The average Bonchev–Trinajstić information content (AvgIpc) is 3.11. The van der Waals surface area contributed by atoms with Gasteiger partial charge in [-0.15, -0.1) is 0 Å². The number of carbonyl (C=O) groups is 1. The Kier molecular flexibility index (Phi) is 2.53. The Labute approximate surface area is 87.4 Å². The SMILES string of the molecule is COC(=O)c1cc(OC)nc(C2CC2)n1. The molecule has 0 radical (unpaired) electrons. The van der Waals surface area contributed by atoms with Crippen LogP contribution in [0.3, 0.4) is 0 Å². The minimum atomic E-state index is -0.461. The molecule has 0 aliphatic heterocycles. The highest BCUT2D eigenvalue weighted by molar-refractivity contribution is 5.87. The van der Waals surface area contributed by atoms with Gasteiger partial charge >= 0.3 is 5.97 Å². The van der Waals surface area contributed by atoms with Crippen molar-refractivity contribution in [1.29, 1.82) is 0 Å². The number of nitrogens with zero attached hydrogens (tertiary/aromatic N) is 2. The van der Waals surface area contributed by atoms with Crippen molar-refractivity contribution in [2.45, 2.75) is 18.8 Å². The molecule has 0 bridgehead atoms. The minimum absolute atomic E-state index is 0.256. The lowest BCUT2D eigenvalue weighted by Gasteiger charge is -2.04. The first kappa shape index (κ1) is 9.89. The first-order chi connectivity index (χ1) is 7.24. The molecule has 0 atom stereocenters. The van der Waals surface area contributed by atoms with Crippen LogP contribution in [0.25, 0.3) is 0 Å². The summed E-state index contributed by atoms with van der Waals surface area (Å²) in [7, 11) is 2.84. The second-order valence-corrected chi connectivity index (χ2v) is 3.42. The molecule has 0 aromatic carbocycles.